The minimum Gasteiger partial charge on any atom is -0.382 e. The fourth-order valence-corrected chi connectivity index (χ4v) is 1.16. The molecule has 0 fully saturated rings. The van der Waals surface area contributed by atoms with Gasteiger partial charge < -0.3 is 11.1 Å². The van der Waals surface area contributed by atoms with Crippen LogP contribution in [0.15, 0.2) is 18.3 Å². The average Bonchev–Trinajstić information content (AvgIpc) is 2.61. The summed E-state index contributed by atoms with van der Waals surface area (Å²) in [5.74, 6) is -3.14. The lowest BCUT2D eigenvalue weighted by molar-refractivity contribution is 0.496. The number of nitrogens with one attached hydrogen (secondary N) is 2. The summed E-state index contributed by atoms with van der Waals surface area (Å²) in [4.78, 5) is 0. The second-order valence-corrected chi connectivity index (χ2v) is 3.07. The molecule has 1 aromatic carbocycles. The number of benzene rings is 1. The predicted octanol–water partition coefficient (Wildman–Crippen LogP) is 2.15. The molecule has 1 aromatic heterocycles. The highest BCUT2D eigenvalue weighted by Crippen LogP contribution is 2.24. The summed E-state index contributed by atoms with van der Waals surface area (Å²) < 4.78 is 38.7. The Bertz CT molecular complexity index is 523. The Morgan fingerprint density at radius 1 is 1.06 bits per heavy atom. The molecule has 1 heterocycles. The zero-order valence-electron chi connectivity index (χ0n) is 7.89. The summed E-state index contributed by atoms with van der Waals surface area (Å²) in [7, 11) is 0. The van der Waals surface area contributed by atoms with Gasteiger partial charge in [-0.2, -0.15) is 5.10 Å². The van der Waals surface area contributed by atoms with Gasteiger partial charge in [-0.05, 0) is 0 Å². The summed E-state index contributed by atoms with van der Waals surface area (Å²) in [5, 5.41) is 8.48. The van der Waals surface area contributed by atoms with Crippen molar-refractivity contribution in [2.24, 2.45) is 0 Å². The zero-order chi connectivity index (χ0) is 11.7. The van der Waals surface area contributed by atoms with Gasteiger partial charge in [0.25, 0.3) is 0 Å². The number of hydrogen-bond donors (Lipinski definition) is 3. The van der Waals surface area contributed by atoms with Crippen LogP contribution in [0.3, 0.4) is 0 Å². The van der Waals surface area contributed by atoms with Crippen molar-refractivity contribution in [3.8, 4) is 0 Å². The fraction of sp³-hybridized carbons (Fsp3) is 0. The highest BCUT2D eigenvalue weighted by Gasteiger charge is 2.11. The van der Waals surface area contributed by atoms with Gasteiger partial charge >= 0.3 is 0 Å². The summed E-state index contributed by atoms with van der Waals surface area (Å²) >= 11 is 0. The molecule has 0 amide bonds. The van der Waals surface area contributed by atoms with E-state index in [-0.39, 0.29) is 17.2 Å². The van der Waals surface area contributed by atoms with E-state index in [4.69, 9.17) is 5.73 Å². The van der Waals surface area contributed by atoms with Crippen molar-refractivity contribution in [1.82, 2.24) is 10.2 Å². The summed E-state index contributed by atoms with van der Waals surface area (Å²) in [6.45, 7) is 0. The lowest BCUT2D eigenvalue weighted by Gasteiger charge is -2.06. The Hall–Kier alpha value is -2.18. The third-order valence-corrected chi connectivity index (χ3v) is 1.95. The topological polar surface area (TPSA) is 66.7 Å². The number of hydrogen-bond acceptors (Lipinski definition) is 3. The first-order chi connectivity index (χ1) is 7.58. The Labute approximate surface area is 88.3 Å². The van der Waals surface area contributed by atoms with Gasteiger partial charge in [0.15, 0.2) is 11.6 Å². The van der Waals surface area contributed by atoms with Crippen molar-refractivity contribution in [1.29, 1.82) is 0 Å². The molecule has 0 saturated heterocycles. The molecule has 7 heteroatoms. The first-order valence-electron chi connectivity index (χ1n) is 4.28. The van der Waals surface area contributed by atoms with E-state index in [2.05, 4.69) is 15.5 Å². The monoisotopic (exact) mass is 228 g/mol. The molecule has 16 heavy (non-hydrogen) atoms. The Morgan fingerprint density at radius 3 is 2.38 bits per heavy atom. The standard InChI is InChI=1S/C9H7F3N4/c10-4-1-6(12)7(2-5(4)11)15-8-3-14-16-9(8)13/h1-3,15H,(H3,13,14,16). The van der Waals surface area contributed by atoms with Crippen molar-refractivity contribution in [2.45, 2.75) is 0 Å². The molecular formula is C9H7F3N4. The van der Waals surface area contributed by atoms with Gasteiger partial charge in [0.05, 0.1) is 11.9 Å². The minimum atomic E-state index is -1.25. The van der Waals surface area contributed by atoms with Crippen LogP contribution in [0.1, 0.15) is 0 Å². The van der Waals surface area contributed by atoms with Gasteiger partial charge in [-0.1, -0.05) is 0 Å². The first kappa shape index (κ1) is 10.3. The number of halogens is 3. The van der Waals surface area contributed by atoms with Gasteiger partial charge in [-0.25, -0.2) is 13.2 Å². The van der Waals surface area contributed by atoms with Crippen molar-refractivity contribution in [3.63, 3.8) is 0 Å². The predicted molar refractivity (Wildman–Crippen MR) is 52.6 cm³/mol. The van der Waals surface area contributed by atoms with E-state index in [1.807, 2.05) is 0 Å². The molecule has 0 bridgehead atoms. The van der Waals surface area contributed by atoms with Crippen molar-refractivity contribution >= 4 is 17.2 Å². The van der Waals surface area contributed by atoms with Crippen LogP contribution in [0.4, 0.5) is 30.4 Å². The van der Waals surface area contributed by atoms with Crippen molar-refractivity contribution < 1.29 is 13.2 Å². The van der Waals surface area contributed by atoms with Crippen LogP contribution < -0.4 is 11.1 Å². The van der Waals surface area contributed by atoms with Crippen LogP contribution in [-0.2, 0) is 0 Å². The second-order valence-electron chi connectivity index (χ2n) is 3.07. The Balaban J connectivity index is 2.35. The SMILES string of the molecule is Nc1[nH]ncc1Nc1cc(F)c(F)cc1F. The Morgan fingerprint density at radius 2 is 1.75 bits per heavy atom. The maximum atomic E-state index is 13.2. The van der Waals surface area contributed by atoms with Gasteiger partial charge in [0, 0.05) is 12.1 Å². The molecule has 0 radical (unpaired) electrons. The lowest BCUT2D eigenvalue weighted by atomic mass is 10.2. The lowest BCUT2D eigenvalue weighted by Crippen LogP contribution is -1.98. The fourth-order valence-electron chi connectivity index (χ4n) is 1.16. The largest absolute Gasteiger partial charge is 0.382 e. The maximum Gasteiger partial charge on any atom is 0.161 e. The van der Waals surface area contributed by atoms with Crippen LogP contribution in [-0.4, -0.2) is 10.2 Å². The number of anilines is 3. The van der Waals surface area contributed by atoms with E-state index < -0.39 is 17.5 Å². The molecule has 0 saturated carbocycles. The van der Waals surface area contributed by atoms with Crippen LogP contribution in [0.2, 0.25) is 0 Å². The second kappa shape index (κ2) is 3.76. The minimum absolute atomic E-state index is 0.170. The highest BCUT2D eigenvalue weighted by atomic mass is 19.2. The number of aromatic amines is 1. The highest BCUT2D eigenvalue weighted by molar-refractivity contribution is 5.69. The van der Waals surface area contributed by atoms with Gasteiger partial charge in [-0.15, -0.1) is 0 Å². The molecule has 84 valence electrons. The molecule has 2 rings (SSSR count). The maximum absolute atomic E-state index is 13.2. The molecular weight excluding hydrogens is 221 g/mol. The van der Waals surface area contributed by atoms with Crippen LogP contribution >= 0.6 is 0 Å². The summed E-state index contributed by atoms with van der Waals surface area (Å²) in [6, 6.07) is 1.16. The summed E-state index contributed by atoms with van der Waals surface area (Å²) in [6.07, 6.45) is 1.30. The van der Waals surface area contributed by atoms with E-state index in [1.54, 1.807) is 0 Å². The molecule has 4 N–H and O–H groups in total. The molecule has 0 aliphatic carbocycles. The number of nitrogen functional groups attached to an aromatic ring is 1. The molecule has 0 aliphatic heterocycles. The van der Waals surface area contributed by atoms with Gasteiger partial charge in [0.2, 0.25) is 0 Å². The number of H-pyrrole nitrogens is 1. The molecule has 4 nitrogen and oxygen atoms in total. The van der Waals surface area contributed by atoms with Crippen LogP contribution in [0, 0.1) is 17.5 Å². The number of rotatable bonds is 2. The quantitative estimate of drug-likeness (QED) is 0.690. The molecule has 0 aliphatic rings. The van der Waals surface area contributed by atoms with Gasteiger partial charge in [-0.3, -0.25) is 5.10 Å². The van der Waals surface area contributed by atoms with Gasteiger partial charge in [0.1, 0.15) is 17.3 Å². The third kappa shape index (κ3) is 1.79. The van der Waals surface area contributed by atoms with E-state index in [9.17, 15) is 13.2 Å². The van der Waals surface area contributed by atoms with Crippen LogP contribution in [0.25, 0.3) is 0 Å². The Kier molecular flexibility index (Phi) is 2.43. The number of nitrogens with zero attached hydrogens (tertiary/aromatic N) is 1. The van der Waals surface area contributed by atoms with Crippen molar-refractivity contribution in [2.75, 3.05) is 11.1 Å². The van der Waals surface area contributed by atoms with Crippen molar-refractivity contribution in [3.05, 3.63) is 35.8 Å². The normalized spacial score (nSPS) is 10.4. The molecule has 0 atom stereocenters. The number of aromatic nitrogens is 2. The average molecular weight is 228 g/mol. The third-order valence-electron chi connectivity index (χ3n) is 1.95. The van der Waals surface area contributed by atoms with E-state index in [0.29, 0.717) is 12.1 Å². The molecule has 0 unspecified atom stereocenters. The number of nitrogens with two attached hydrogens (primary N) is 1. The van der Waals surface area contributed by atoms with E-state index in [1.165, 1.54) is 6.20 Å². The molecule has 0 spiro atoms. The summed E-state index contributed by atoms with van der Waals surface area (Å²) in [5.41, 5.74) is 5.50. The van der Waals surface area contributed by atoms with Crippen LogP contribution in [0.5, 0.6) is 0 Å². The first-order valence-corrected chi connectivity index (χ1v) is 4.28. The van der Waals surface area contributed by atoms with E-state index in [0.717, 1.165) is 0 Å². The zero-order valence-corrected chi connectivity index (χ0v) is 7.89. The smallest absolute Gasteiger partial charge is 0.161 e. The molecule has 2 aromatic rings. The van der Waals surface area contributed by atoms with E-state index >= 15 is 0 Å².